The van der Waals surface area contributed by atoms with Gasteiger partial charge in [0, 0.05) is 18.1 Å². The number of benzene rings is 1. The molecule has 8 nitrogen and oxygen atoms in total. The predicted molar refractivity (Wildman–Crippen MR) is 88.7 cm³/mol. The molecule has 0 saturated carbocycles. The Morgan fingerprint density at radius 2 is 1.88 bits per heavy atom. The highest BCUT2D eigenvalue weighted by atomic mass is 35.5. The van der Waals surface area contributed by atoms with Crippen molar-refractivity contribution in [1.29, 1.82) is 0 Å². The quantitative estimate of drug-likeness (QED) is 0.572. The predicted octanol–water partition coefficient (Wildman–Crippen LogP) is 1.24. The zero-order valence-electron chi connectivity index (χ0n) is 13.9. The van der Waals surface area contributed by atoms with Crippen molar-refractivity contribution in [2.45, 2.75) is 20.2 Å². The van der Waals surface area contributed by atoms with Crippen LogP contribution >= 0.6 is 11.6 Å². The maximum Gasteiger partial charge on any atom is 0.441 e. The van der Waals surface area contributed by atoms with Gasteiger partial charge in [0.15, 0.2) is 0 Å². The summed E-state index contributed by atoms with van der Waals surface area (Å²) in [7, 11) is 0. The fraction of sp³-hybridized carbons (Fsp3) is 0.438. The number of nitrogens with zero attached hydrogens (tertiary/aromatic N) is 3. The Hall–Kier alpha value is -2.32. The number of amides is 1. The molecule has 1 fully saturated rings. The van der Waals surface area contributed by atoms with Gasteiger partial charge in [-0.15, -0.1) is 5.06 Å². The average Bonchev–Trinajstić information content (AvgIpc) is 2.60. The van der Waals surface area contributed by atoms with E-state index in [1.54, 1.807) is 12.1 Å². The maximum absolute atomic E-state index is 12.9. The molecule has 1 unspecified atom stereocenters. The van der Waals surface area contributed by atoms with Crippen molar-refractivity contribution in [2.75, 3.05) is 31.2 Å². The van der Waals surface area contributed by atoms with Crippen molar-refractivity contribution >= 4 is 35.1 Å². The van der Waals surface area contributed by atoms with Gasteiger partial charge in [0.05, 0.1) is 11.3 Å². The second-order valence-corrected chi connectivity index (χ2v) is 6.06. The van der Waals surface area contributed by atoms with E-state index in [1.807, 2.05) is 13.8 Å². The van der Waals surface area contributed by atoms with E-state index in [4.69, 9.17) is 21.2 Å². The summed E-state index contributed by atoms with van der Waals surface area (Å²) in [4.78, 5) is 44.7. The van der Waals surface area contributed by atoms with Gasteiger partial charge in [0.1, 0.15) is 0 Å². The topological polar surface area (TPSA) is 79.4 Å². The standard InChI is InChI=1S/C16H18ClN3O5/c1-3-18(4-2)7-8-19-13(21)11-9-10(17)5-6-12(11)20-16(19)24-14(22)15(23)25-20/h5-6,9,16H,3-4,7-8H2,1-2H3. The maximum atomic E-state index is 12.9. The van der Waals surface area contributed by atoms with Crippen LogP contribution in [-0.2, 0) is 19.2 Å². The van der Waals surface area contributed by atoms with Crippen molar-refractivity contribution in [2.24, 2.45) is 0 Å². The molecule has 1 saturated heterocycles. The Kier molecular flexibility index (Phi) is 4.82. The first-order chi connectivity index (χ1) is 12.0. The van der Waals surface area contributed by atoms with Gasteiger partial charge in [0.25, 0.3) is 12.3 Å². The summed E-state index contributed by atoms with van der Waals surface area (Å²) in [5, 5.41) is 1.52. The average molecular weight is 368 g/mol. The molecule has 0 aliphatic carbocycles. The lowest BCUT2D eigenvalue weighted by Gasteiger charge is -2.44. The zero-order chi connectivity index (χ0) is 18.1. The van der Waals surface area contributed by atoms with E-state index in [-0.39, 0.29) is 11.5 Å². The summed E-state index contributed by atoms with van der Waals surface area (Å²) in [6, 6.07) is 4.63. The van der Waals surface area contributed by atoms with E-state index in [1.165, 1.54) is 11.0 Å². The molecule has 2 aliphatic heterocycles. The summed E-state index contributed by atoms with van der Waals surface area (Å²) in [6.07, 6.45) is -1.12. The Morgan fingerprint density at radius 1 is 1.16 bits per heavy atom. The first kappa shape index (κ1) is 17.5. The van der Waals surface area contributed by atoms with Gasteiger partial charge in [0.2, 0.25) is 0 Å². The van der Waals surface area contributed by atoms with Crippen LogP contribution in [0.25, 0.3) is 0 Å². The molecule has 9 heteroatoms. The lowest BCUT2D eigenvalue weighted by molar-refractivity contribution is -0.199. The minimum Gasteiger partial charge on any atom is -0.411 e. The number of carbonyl (C=O) groups excluding carboxylic acids is 3. The SMILES string of the molecule is CCN(CC)CCN1C(=O)c2cc(Cl)ccc2N2OC(=O)C(=O)OC12. The van der Waals surface area contributed by atoms with Crippen molar-refractivity contribution < 1.29 is 24.0 Å². The van der Waals surface area contributed by atoms with Crippen molar-refractivity contribution in [3.05, 3.63) is 28.8 Å². The Balaban J connectivity index is 1.95. The molecule has 2 aliphatic rings. The third-order valence-electron chi connectivity index (χ3n) is 4.27. The van der Waals surface area contributed by atoms with Crippen molar-refractivity contribution in [1.82, 2.24) is 9.80 Å². The van der Waals surface area contributed by atoms with Gasteiger partial charge in [-0.25, -0.2) is 9.59 Å². The Morgan fingerprint density at radius 3 is 2.56 bits per heavy atom. The van der Waals surface area contributed by atoms with Gasteiger partial charge in [-0.2, -0.15) is 0 Å². The number of anilines is 1. The summed E-state index contributed by atoms with van der Waals surface area (Å²) in [5.74, 6) is -2.59. The molecule has 25 heavy (non-hydrogen) atoms. The number of likely N-dealkylation sites (N-methyl/N-ethyl adjacent to an activating group) is 1. The third kappa shape index (κ3) is 3.14. The number of carbonyl (C=O) groups is 3. The van der Waals surface area contributed by atoms with Crippen LogP contribution in [0.2, 0.25) is 5.02 Å². The van der Waals surface area contributed by atoms with Gasteiger partial charge in [-0.3, -0.25) is 9.69 Å². The number of hydrogen-bond donors (Lipinski definition) is 0. The molecule has 0 aromatic heterocycles. The molecule has 1 amide bonds. The molecule has 0 N–H and O–H groups in total. The van der Waals surface area contributed by atoms with E-state index in [0.29, 0.717) is 23.8 Å². The lowest BCUT2D eigenvalue weighted by Crippen LogP contribution is -2.62. The number of hydrogen-bond acceptors (Lipinski definition) is 7. The highest BCUT2D eigenvalue weighted by Crippen LogP contribution is 2.35. The highest BCUT2D eigenvalue weighted by molar-refractivity contribution is 6.31. The fourth-order valence-corrected chi connectivity index (χ4v) is 3.02. The van der Waals surface area contributed by atoms with Crippen LogP contribution in [0.1, 0.15) is 24.2 Å². The van der Waals surface area contributed by atoms with E-state index >= 15 is 0 Å². The number of rotatable bonds is 5. The second-order valence-electron chi connectivity index (χ2n) is 5.62. The molecule has 0 radical (unpaired) electrons. The molecule has 1 aromatic carbocycles. The molecule has 1 aromatic rings. The van der Waals surface area contributed by atoms with Crippen LogP contribution in [0, 0.1) is 0 Å². The molecule has 0 spiro atoms. The molecular formula is C16H18ClN3O5. The molecule has 2 heterocycles. The fourth-order valence-electron chi connectivity index (χ4n) is 2.85. The summed E-state index contributed by atoms with van der Waals surface area (Å²) < 4.78 is 5.14. The first-order valence-electron chi connectivity index (χ1n) is 8.01. The van der Waals surface area contributed by atoms with Crippen molar-refractivity contribution in [3.8, 4) is 0 Å². The van der Waals surface area contributed by atoms with Gasteiger partial charge in [-0.1, -0.05) is 25.4 Å². The van der Waals surface area contributed by atoms with Crippen molar-refractivity contribution in [3.63, 3.8) is 0 Å². The first-order valence-corrected chi connectivity index (χ1v) is 8.39. The number of hydroxylamine groups is 1. The van der Waals surface area contributed by atoms with E-state index in [9.17, 15) is 14.4 Å². The lowest BCUT2D eigenvalue weighted by atomic mass is 10.1. The van der Waals surface area contributed by atoms with Gasteiger partial charge >= 0.3 is 11.9 Å². The highest BCUT2D eigenvalue weighted by Gasteiger charge is 2.47. The molecule has 1 atom stereocenters. The molecule has 3 rings (SSSR count). The molecular weight excluding hydrogens is 350 g/mol. The summed E-state index contributed by atoms with van der Waals surface area (Å²) in [6.45, 7) is 6.58. The summed E-state index contributed by atoms with van der Waals surface area (Å²) >= 11 is 6.00. The number of fused-ring (bicyclic) bond motifs is 3. The number of esters is 1. The largest absolute Gasteiger partial charge is 0.441 e. The monoisotopic (exact) mass is 367 g/mol. The van der Waals surface area contributed by atoms with Gasteiger partial charge in [-0.05, 0) is 31.3 Å². The van der Waals surface area contributed by atoms with Crippen LogP contribution in [0.3, 0.4) is 0 Å². The van der Waals surface area contributed by atoms with Crippen LogP contribution in [0.15, 0.2) is 18.2 Å². The smallest absolute Gasteiger partial charge is 0.411 e. The van der Waals surface area contributed by atoms with Crippen LogP contribution < -0.4 is 5.06 Å². The van der Waals surface area contributed by atoms with E-state index in [0.717, 1.165) is 18.2 Å². The molecule has 0 bridgehead atoms. The van der Waals surface area contributed by atoms with Crippen LogP contribution in [0.4, 0.5) is 5.69 Å². The third-order valence-corrected chi connectivity index (χ3v) is 4.50. The Labute approximate surface area is 149 Å². The minimum absolute atomic E-state index is 0.286. The Bertz CT molecular complexity index is 722. The minimum atomic E-state index is -1.13. The molecule has 134 valence electrons. The number of halogens is 1. The second kappa shape index (κ2) is 6.89. The zero-order valence-corrected chi connectivity index (χ0v) is 14.7. The number of ether oxygens (including phenoxy) is 1. The van der Waals surface area contributed by atoms with Crippen LogP contribution in [-0.4, -0.2) is 60.2 Å². The van der Waals surface area contributed by atoms with Gasteiger partial charge < -0.3 is 14.5 Å². The van der Waals surface area contributed by atoms with E-state index in [2.05, 4.69) is 4.90 Å². The van der Waals surface area contributed by atoms with Crippen LogP contribution in [0.5, 0.6) is 0 Å². The normalized spacial score (nSPS) is 19.5. The summed E-state index contributed by atoms with van der Waals surface area (Å²) in [5.41, 5.74) is 0.619. The van der Waals surface area contributed by atoms with E-state index < -0.39 is 18.3 Å².